The van der Waals surface area contributed by atoms with Crippen LogP contribution >= 0.6 is 0 Å². The Morgan fingerprint density at radius 3 is 2.50 bits per heavy atom. The molecule has 1 aromatic rings. The fourth-order valence-corrected chi connectivity index (χ4v) is 4.62. The van der Waals surface area contributed by atoms with Crippen LogP contribution < -0.4 is 4.90 Å². The van der Waals surface area contributed by atoms with E-state index in [1.807, 2.05) is 25.1 Å². The number of benzene rings is 1. The van der Waals surface area contributed by atoms with E-state index in [0.29, 0.717) is 6.61 Å². The Labute approximate surface area is 167 Å². The summed E-state index contributed by atoms with van der Waals surface area (Å²) in [5, 5.41) is 18.5. The van der Waals surface area contributed by atoms with Crippen LogP contribution in [-0.2, 0) is 17.6 Å². The van der Waals surface area contributed by atoms with Gasteiger partial charge in [0.15, 0.2) is 0 Å². The highest BCUT2D eigenvalue weighted by Crippen LogP contribution is 2.36. The van der Waals surface area contributed by atoms with Crippen LogP contribution in [0.25, 0.3) is 6.08 Å². The van der Waals surface area contributed by atoms with Crippen molar-refractivity contribution < 1.29 is 4.74 Å². The van der Waals surface area contributed by atoms with Gasteiger partial charge >= 0.3 is 0 Å². The summed E-state index contributed by atoms with van der Waals surface area (Å²) < 4.78 is 5.66. The van der Waals surface area contributed by atoms with Gasteiger partial charge in [0.25, 0.3) is 0 Å². The Hall–Kier alpha value is -2.98. The van der Waals surface area contributed by atoms with E-state index in [2.05, 4.69) is 29.2 Å². The van der Waals surface area contributed by atoms with Gasteiger partial charge in [-0.1, -0.05) is 12.2 Å². The van der Waals surface area contributed by atoms with Crippen molar-refractivity contribution in [1.82, 2.24) is 0 Å². The molecular formula is C24H25N3O. The molecule has 0 aliphatic carbocycles. The first-order valence-corrected chi connectivity index (χ1v) is 10.1. The van der Waals surface area contributed by atoms with Crippen molar-refractivity contribution in [2.24, 2.45) is 5.92 Å². The number of aryl methyl sites for hydroxylation is 2. The Morgan fingerprint density at radius 2 is 1.86 bits per heavy atom. The first kappa shape index (κ1) is 18.4. The molecule has 1 aromatic carbocycles. The lowest BCUT2D eigenvalue weighted by atomic mass is 9.88. The van der Waals surface area contributed by atoms with E-state index in [-0.39, 0.29) is 11.5 Å². The SMILES string of the molecule is CC1=CC(=C(C#N)C#N)C(C/C=C/c2cc3c4c(c2)CCCN4CCC3)CO1. The van der Waals surface area contributed by atoms with Crippen molar-refractivity contribution in [2.45, 2.75) is 39.0 Å². The van der Waals surface area contributed by atoms with Gasteiger partial charge in [-0.15, -0.1) is 0 Å². The van der Waals surface area contributed by atoms with Crippen LogP contribution in [0, 0.1) is 28.6 Å². The molecule has 0 radical (unpaired) electrons. The molecule has 28 heavy (non-hydrogen) atoms. The molecule has 0 N–H and O–H groups in total. The Balaban J connectivity index is 1.55. The topological polar surface area (TPSA) is 60.0 Å². The monoisotopic (exact) mass is 371 g/mol. The van der Waals surface area contributed by atoms with Crippen LogP contribution in [-0.4, -0.2) is 19.7 Å². The second kappa shape index (κ2) is 7.95. The van der Waals surface area contributed by atoms with Gasteiger partial charge in [-0.3, -0.25) is 0 Å². The second-order valence-electron chi connectivity index (χ2n) is 7.84. The highest BCUT2D eigenvalue weighted by molar-refractivity contribution is 5.68. The fraction of sp³-hybridized carbons (Fsp3) is 0.417. The second-order valence-corrected chi connectivity index (χ2v) is 7.84. The van der Waals surface area contributed by atoms with Crippen molar-refractivity contribution in [3.8, 4) is 12.1 Å². The van der Waals surface area contributed by atoms with E-state index in [1.165, 1.54) is 61.2 Å². The van der Waals surface area contributed by atoms with E-state index in [1.54, 1.807) is 0 Å². The normalized spacial score (nSPS) is 20.7. The van der Waals surface area contributed by atoms with Gasteiger partial charge in [-0.2, -0.15) is 10.5 Å². The first-order valence-electron chi connectivity index (χ1n) is 10.1. The highest BCUT2D eigenvalue weighted by Gasteiger charge is 2.24. The molecule has 0 bridgehead atoms. The maximum atomic E-state index is 9.26. The summed E-state index contributed by atoms with van der Waals surface area (Å²) >= 11 is 0. The minimum Gasteiger partial charge on any atom is -0.498 e. The van der Waals surface area contributed by atoms with Gasteiger partial charge in [0.1, 0.15) is 17.7 Å². The Morgan fingerprint density at radius 1 is 1.18 bits per heavy atom. The molecule has 1 atom stereocenters. The molecule has 4 heteroatoms. The zero-order valence-electron chi connectivity index (χ0n) is 16.4. The number of ether oxygens (including phenoxy) is 1. The van der Waals surface area contributed by atoms with Crippen molar-refractivity contribution in [1.29, 1.82) is 10.5 Å². The summed E-state index contributed by atoms with van der Waals surface area (Å²) in [6, 6.07) is 8.73. The van der Waals surface area contributed by atoms with E-state index in [9.17, 15) is 10.5 Å². The average Bonchev–Trinajstić information content (AvgIpc) is 2.71. The van der Waals surface area contributed by atoms with Crippen LogP contribution in [0.15, 0.2) is 41.2 Å². The van der Waals surface area contributed by atoms with Crippen molar-refractivity contribution in [3.63, 3.8) is 0 Å². The lowest BCUT2D eigenvalue weighted by Gasteiger charge is -2.37. The molecular weight excluding hydrogens is 346 g/mol. The lowest BCUT2D eigenvalue weighted by Crippen LogP contribution is -2.34. The molecule has 0 fully saturated rings. The molecule has 4 rings (SSSR count). The van der Waals surface area contributed by atoms with Crippen molar-refractivity contribution >= 4 is 11.8 Å². The van der Waals surface area contributed by atoms with E-state index < -0.39 is 0 Å². The molecule has 1 unspecified atom stereocenters. The third-order valence-electron chi connectivity index (χ3n) is 5.91. The molecule has 0 aromatic heterocycles. The summed E-state index contributed by atoms with van der Waals surface area (Å²) in [7, 11) is 0. The molecule has 4 nitrogen and oxygen atoms in total. The van der Waals surface area contributed by atoms with Crippen LogP contribution in [0.4, 0.5) is 5.69 Å². The molecule has 3 aliphatic heterocycles. The molecule has 3 heterocycles. The number of rotatable bonds is 3. The minimum absolute atomic E-state index is 0.0423. The van der Waals surface area contributed by atoms with Crippen LogP contribution in [0.1, 0.15) is 42.9 Å². The van der Waals surface area contributed by atoms with Crippen LogP contribution in [0.3, 0.4) is 0 Å². The summed E-state index contributed by atoms with van der Waals surface area (Å²) in [5.41, 5.74) is 6.72. The smallest absolute Gasteiger partial charge is 0.133 e. The first-order chi connectivity index (χ1) is 13.7. The summed E-state index contributed by atoms with van der Waals surface area (Å²) in [6.45, 7) is 4.76. The summed E-state index contributed by atoms with van der Waals surface area (Å²) in [6.07, 6.45) is 11.8. The minimum atomic E-state index is 0.0423. The molecule has 0 amide bonds. The number of nitrogens with zero attached hydrogens (tertiary/aromatic N) is 3. The Bertz CT molecular complexity index is 908. The molecule has 0 saturated carbocycles. The van der Waals surface area contributed by atoms with Crippen molar-refractivity contribution in [2.75, 3.05) is 24.6 Å². The van der Waals surface area contributed by atoms with Gasteiger partial charge in [-0.05, 0) is 79.5 Å². The zero-order valence-corrected chi connectivity index (χ0v) is 16.4. The quantitative estimate of drug-likeness (QED) is 0.724. The van der Waals surface area contributed by atoms with Gasteiger partial charge in [0.2, 0.25) is 0 Å². The van der Waals surface area contributed by atoms with Crippen molar-refractivity contribution in [3.05, 3.63) is 57.9 Å². The number of anilines is 1. The number of hydrogen-bond acceptors (Lipinski definition) is 4. The predicted octanol–water partition coefficient (Wildman–Crippen LogP) is 4.68. The van der Waals surface area contributed by atoms with Gasteiger partial charge in [-0.25, -0.2) is 0 Å². The highest BCUT2D eigenvalue weighted by atomic mass is 16.5. The van der Waals surface area contributed by atoms with Gasteiger partial charge in [0, 0.05) is 24.7 Å². The maximum Gasteiger partial charge on any atom is 0.133 e. The number of hydrogen-bond donors (Lipinski definition) is 0. The zero-order chi connectivity index (χ0) is 19.5. The Kier molecular flexibility index (Phi) is 5.22. The van der Waals surface area contributed by atoms with E-state index in [0.717, 1.165) is 17.8 Å². The fourth-order valence-electron chi connectivity index (χ4n) is 4.62. The number of nitriles is 2. The van der Waals surface area contributed by atoms with Gasteiger partial charge < -0.3 is 9.64 Å². The van der Waals surface area contributed by atoms with E-state index >= 15 is 0 Å². The third-order valence-corrected chi connectivity index (χ3v) is 5.91. The molecule has 3 aliphatic rings. The average molecular weight is 371 g/mol. The molecule has 0 saturated heterocycles. The standard InChI is InChI=1S/C24H25N3O/c1-17-11-23(22(14-25)15-26)21(16-28-17)6-2-5-18-12-19-7-3-9-27-10-4-8-20(13-18)24(19)27/h2,5,11-13,21H,3-4,6-10,16H2,1H3/b5-2+. The third kappa shape index (κ3) is 3.56. The van der Waals surface area contributed by atoms with Crippen LogP contribution in [0.5, 0.6) is 0 Å². The largest absolute Gasteiger partial charge is 0.498 e. The van der Waals surface area contributed by atoms with Gasteiger partial charge in [0.05, 0.1) is 12.4 Å². The summed E-state index contributed by atoms with van der Waals surface area (Å²) in [5.74, 6) is 0.803. The predicted molar refractivity (Wildman–Crippen MR) is 110 cm³/mol. The lowest BCUT2D eigenvalue weighted by molar-refractivity contribution is 0.169. The molecule has 142 valence electrons. The number of allylic oxidation sites excluding steroid dienone is 4. The van der Waals surface area contributed by atoms with Crippen LogP contribution in [0.2, 0.25) is 0 Å². The molecule has 0 spiro atoms. The maximum absolute atomic E-state index is 9.26. The summed E-state index contributed by atoms with van der Waals surface area (Å²) in [4.78, 5) is 2.56. The van der Waals surface area contributed by atoms with E-state index in [4.69, 9.17) is 4.74 Å².